The molecule has 0 aliphatic heterocycles. The van der Waals surface area contributed by atoms with E-state index in [0.717, 1.165) is 6.26 Å². The van der Waals surface area contributed by atoms with Gasteiger partial charge in [0.25, 0.3) is 0 Å². The Morgan fingerprint density at radius 3 is 2.00 bits per heavy atom. The van der Waals surface area contributed by atoms with Crippen molar-refractivity contribution in [3.05, 3.63) is 12.8 Å². The zero-order valence-corrected chi connectivity index (χ0v) is 6.53. The lowest BCUT2D eigenvalue weighted by atomic mass is 11.2. The first-order valence-electron chi connectivity index (χ1n) is 1.68. The van der Waals surface area contributed by atoms with Gasteiger partial charge in [-0.25, -0.2) is 4.57 Å². The Balaban J connectivity index is 3.93. The van der Waals surface area contributed by atoms with Crippen LogP contribution in [0.3, 0.4) is 0 Å². The molecule has 0 spiro atoms. The van der Waals surface area contributed by atoms with E-state index >= 15 is 0 Å². The van der Waals surface area contributed by atoms with Crippen LogP contribution in [0.25, 0.3) is 0 Å². The maximum Gasteiger partial charge on any atom is 0.563 e. The van der Waals surface area contributed by atoms with Gasteiger partial charge in [0.05, 0.1) is 30.0 Å². The highest BCUT2D eigenvalue weighted by Crippen LogP contribution is 2.51. The summed E-state index contributed by atoms with van der Waals surface area (Å²) in [4.78, 5) is 0. The van der Waals surface area contributed by atoms with Gasteiger partial charge in [-0.05, 0) is 0 Å². The fourth-order valence-electron chi connectivity index (χ4n) is 0.134. The van der Waals surface area contributed by atoms with Crippen LogP contribution in [0.5, 0.6) is 0 Å². The SMILES string of the molecule is C=COP(=O)(OCl)OCl. The van der Waals surface area contributed by atoms with Crippen LogP contribution < -0.4 is 0 Å². The molecule has 0 unspecified atom stereocenters. The number of halogens is 2. The molecule has 0 heterocycles. The fourth-order valence-corrected chi connectivity index (χ4v) is 0.854. The van der Waals surface area contributed by atoms with Gasteiger partial charge in [-0.3, -0.25) is 0 Å². The van der Waals surface area contributed by atoms with Gasteiger partial charge < -0.3 is 4.52 Å². The van der Waals surface area contributed by atoms with E-state index < -0.39 is 7.82 Å². The van der Waals surface area contributed by atoms with Crippen molar-refractivity contribution in [1.29, 1.82) is 0 Å². The lowest BCUT2D eigenvalue weighted by Gasteiger charge is -2.04. The molecule has 0 aromatic carbocycles. The van der Waals surface area contributed by atoms with Crippen molar-refractivity contribution < 1.29 is 17.2 Å². The second kappa shape index (κ2) is 4.14. The van der Waals surface area contributed by atoms with Crippen molar-refractivity contribution in [2.24, 2.45) is 0 Å². The summed E-state index contributed by atoms with van der Waals surface area (Å²) in [5.74, 6) is 0. The summed E-state index contributed by atoms with van der Waals surface area (Å²) in [6.45, 7) is 3.07. The lowest BCUT2D eigenvalue weighted by molar-refractivity contribution is 0.291. The molecule has 0 N–H and O–H groups in total. The highest BCUT2D eigenvalue weighted by atomic mass is 35.5. The molecule has 9 heavy (non-hydrogen) atoms. The van der Waals surface area contributed by atoms with Gasteiger partial charge in [0.15, 0.2) is 0 Å². The van der Waals surface area contributed by atoms with E-state index in [1.807, 2.05) is 0 Å². The zero-order chi connectivity index (χ0) is 7.33. The lowest BCUT2D eigenvalue weighted by Crippen LogP contribution is -1.80. The molecule has 0 amide bonds. The monoisotopic (exact) mass is 192 g/mol. The van der Waals surface area contributed by atoms with Crippen LogP contribution >= 0.6 is 31.6 Å². The second-order valence-corrected chi connectivity index (χ2v) is 3.07. The molecule has 0 atom stereocenters. The van der Waals surface area contributed by atoms with Gasteiger partial charge in [-0.2, -0.15) is 8.15 Å². The van der Waals surface area contributed by atoms with E-state index in [4.69, 9.17) is 0 Å². The Kier molecular flexibility index (Phi) is 4.27. The molecule has 0 aliphatic rings. The maximum atomic E-state index is 10.5. The van der Waals surface area contributed by atoms with Gasteiger partial charge in [0.1, 0.15) is 0 Å². The van der Waals surface area contributed by atoms with E-state index in [2.05, 4.69) is 43.0 Å². The molecule has 0 rings (SSSR count). The summed E-state index contributed by atoms with van der Waals surface area (Å²) >= 11 is 9.28. The van der Waals surface area contributed by atoms with Crippen molar-refractivity contribution in [3.8, 4) is 0 Å². The van der Waals surface area contributed by atoms with Gasteiger partial charge in [0.2, 0.25) is 0 Å². The molecule has 0 saturated heterocycles. The average molecular weight is 193 g/mol. The first kappa shape index (κ1) is 9.27. The predicted octanol–water partition coefficient (Wildman–Crippen LogP) is 2.60. The third-order valence-electron chi connectivity index (χ3n) is 0.373. The van der Waals surface area contributed by atoms with E-state index in [0.29, 0.717) is 0 Å². The number of hydrogen-bond acceptors (Lipinski definition) is 4. The van der Waals surface area contributed by atoms with E-state index in [1.165, 1.54) is 0 Å². The number of phosphoric acid groups is 1. The molecule has 54 valence electrons. The van der Waals surface area contributed by atoms with Crippen LogP contribution in [0.2, 0.25) is 0 Å². The van der Waals surface area contributed by atoms with Crippen LogP contribution in [0.15, 0.2) is 12.8 Å². The van der Waals surface area contributed by atoms with Gasteiger partial charge >= 0.3 is 7.82 Å². The minimum atomic E-state index is -3.77. The third-order valence-corrected chi connectivity index (χ3v) is 2.13. The first-order chi connectivity index (χ1) is 4.18. The maximum absolute atomic E-state index is 10.5. The molecule has 0 aliphatic carbocycles. The van der Waals surface area contributed by atoms with Crippen molar-refractivity contribution >= 4 is 31.6 Å². The molecule has 7 heteroatoms. The van der Waals surface area contributed by atoms with Gasteiger partial charge in [-0.1, -0.05) is 6.58 Å². The van der Waals surface area contributed by atoms with Crippen LogP contribution in [-0.2, 0) is 17.2 Å². The summed E-state index contributed by atoms with van der Waals surface area (Å²) in [5.41, 5.74) is 0. The normalized spacial score (nSPS) is 10.9. The van der Waals surface area contributed by atoms with E-state index in [1.54, 1.807) is 0 Å². The van der Waals surface area contributed by atoms with E-state index in [-0.39, 0.29) is 0 Å². The van der Waals surface area contributed by atoms with Crippen molar-refractivity contribution in [2.45, 2.75) is 0 Å². The summed E-state index contributed by atoms with van der Waals surface area (Å²) in [5, 5.41) is 0. The topological polar surface area (TPSA) is 44.8 Å². The molecule has 0 aromatic heterocycles. The Labute approximate surface area is 62.3 Å². The molecular formula is C2H3Cl2O4P. The smallest absolute Gasteiger partial charge is 0.411 e. The Morgan fingerprint density at radius 1 is 1.44 bits per heavy atom. The van der Waals surface area contributed by atoms with Crippen LogP contribution in [0.4, 0.5) is 0 Å². The second-order valence-electron chi connectivity index (χ2n) is 0.857. The molecule has 0 saturated carbocycles. The van der Waals surface area contributed by atoms with Crippen LogP contribution in [-0.4, -0.2) is 0 Å². The zero-order valence-electron chi connectivity index (χ0n) is 4.12. The number of rotatable bonds is 4. The molecule has 0 aromatic rings. The quantitative estimate of drug-likeness (QED) is 0.508. The first-order valence-corrected chi connectivity index (χ1v) is 3.76. The summed E-state index contributed by atoms with van der Waals surface area (Å²) < 4.78 is 22.1. The minimum absolute atomic E-state index is 0.839. The Bertz CT molecular complexity index is 129. The Morgan fingerprint density at radius 2 is 1.89 bits per heavy atom. The molecule has 4 nitrogen and oxygen atoms in total. The Hall–Kier alpha value is 0.270. The van der Waals surface area contributed by atoms with Gasteiger partial charge in [0, 0.05) is 0 Å². The van der Waals surface area contributed by atoms with Crippen LogP contribution in [0.1, 0.15) is 0 Å². The molecule has 0 fully saturated rings. The van der Waals surface area contributed by atoms with Gasteiger partial charge in [-0.15, -0.1) is 0 Å². The van der Waals surface area contributed by atoms with Crippen molar-refractivity contribution in [1.82, 2.24) is 0 Å². The largest absolute Gasteiger partial charge is 0.563 e. The third kappa shape index (κ3) is 3.08. The summed E-state index contributed by atoms with van der Waals surface area (Å²) in [6.07, 6.45) is 0.839. The summed E-state index contributed by atoms with van der Waals surface area (Å²) in [6, 6.07) is 0. The molecule has 0 radical (unpaired) electrons. The fraction of sp³-hybridized carbons (Fsp3) is 0. The highest BCUT2D eigenvalue weighted by molar-refractivity contribution is 7.50. The minimum Gasteiger partial charge on any atom is -0.411 e. The standard InChI is InChI=1S/C2H3Cl2O4P/c1-2-6-9(5,7-3)8-4/h2H,1H2. The summed E-state index contributed by atoms with van der Waals surface area (Å²) in [7, 11) is -3.77. The van der Waals surface area contributed by atoms with Crippen molar-refractivity contribution in [2.75, 3.05) is 0 Å². The van der Waals surface area contributed by atoms with E-state index in [9.17, 15) is 4.57 Å². The number of hydrogen-bond donors (Lipinski definition) is 0. The van der Waals surface area contributed by atoms with Crippen molar-refractivity contribution in [3.63, 3.8) is 0 Å². The average Bonchev–Trinajstić information content (AvgIpc) is 1.89. The molecule has 0 bridgehead atoms. The van der Waals surface area contributed by atoms with Crippen LogP contribution in [0, 0.1) is 0 Å². The highest BCUT2D eigenvalue weighted by Gasteiger charge is 2.26. The predicted molar refractivity (Wildman–Crippen MR) is 32.8 cm³/mol. The molecular weight excluding hydrogens is 190 g/mol.